The van der Waals surface area contributed by atoms with E-state index in [0.717, 1.165) is 5.57 Å². The average molecular weight is 297 g/mol. The number of rotatable bonds is 3. The Morgan fingerprint density at radius 3 is 2.14 bits per heavy atom. The average Bonchev–Trinajstić information content (AvgIpc) is 2.52. The van der Waals surface area contributed by atoms with E-state index in [1.807, 2.05) is 26.7 Å². The van der Waals surface area contributed by atoms with Gasteiger partial charge in [0.1, 0.15) is 13.4 Å². The second-order valence-corrected chi connectivity index (χ2v) is 5.07. The number of carbonyl (C=O) groups is 1. The summed E-state index contributed by atoms with van der Waals surface area (Å²) >= 11 is 0. The Morgan fingerprint density at radius 2 is 1.86 bits per heavy atom. The number of hydrogen-bond donors (Lipinski definition) is 2. The maximum atomic E-state index is 8.09. The van der Waals surface area contributed by atoms with E-state index in [-0.39, 0.29) is 12.6 Å². The van der Waals surface area contributed by atoms with Gasteiger partial charge in [0.25, 0.3) is 0 Å². The minimum atomic E-state index is -0.336. The van der Waals surface area contributed by atoms with Crippen LogP contribution in [0.25, 0.3) is 0 Å². The lowest BCUT2D eigenvalue weighted by molar-refractivity contribution is -0.243. The number of allylic oxidation sites excluding steroid dienone is 2. The van der Waals surface area contributed by atoms with Crippen LogP contribution in [-0.4, -0.2) is 24.7 Å². The molecule has 0 saturated heterocycles. The molecule has 0 fully saturated rings. The summed E-state index contributed by atoms with van der Waals surface area (Å²) < 4.78 is 0. The molecule has 0 unspecified atom stereocenters. The van der Waals surface area contributed by atoms with Crippen LogP contribution in [0.2, 0.25) is 0 Å². The number of nitrogens with two attached hydrogens (primary N) is 1. The van der Waals surface area contributed by atoms with Crippen molar-refractivity contribution in [2.75, 3.05) is 6.61 Å². The minimum absolute atomic E-state index is 0.0777. The van der Waals surface area contributed by atoms with Gasteiger partial charge in [-0.25, -0.2) is 4.89 Å². The van der Waals surface area contributed by atoms with Crippen molar-refractivity contribution in [2.24, 2.45) is 11.1 Å². The van der Waals surface area contributed by atoms with E-state index in [9.17, 15) is 0 Å². The van der Waals surface area contributed by atoms with Crippen LogP contribution in [0.5, 0.6) is 0 Å². The minimum Gasteiger partial charge on any atom is -0.321 e. The predicted molar refractivity (Wildman–Crippen MR) is 89.0 cm³/mol. The Bertz CT molecular complexity index is 355. The number of carbonyl (C=O) groups excluding carboxylic acids is 1. The maximum Gasteiger partial charge on any atom is 0.106 e. The highest BCUT2D eigenvalue weighted by Crippen LogP contribution is 2.16. The Labute approximate surface area is 129 Å². The van der Waals surface area contributed by atoms with Gasteiger partial charge in [-0.2, -0.15) is 0 Å². The van der Waals surface area contributed by atoms with E-state index >= 15 is 0 Å². The van der Waals surface area contributed by atoms with Crippen molar-refractivity contribution in [3.05, 3.63) is 35.3 Å². The van der Waals surface area contributed by atoms with Gasteiger partial charge in [-0.15, -0.1) is 0 Å². The molecule has 4 nitrogen and oxygen atoms in total. The van der Waals surface area contributed by atoms with Crippen LogP contribution in [0.3, 0.4) is 0 Å². The lowest BCUT2D eigenvalue weighted by atomic mass is 9.94. The molecule has 3 N–H and O–H groups in total. The molecule has 1 aliphatic carbocycles. The van der Waals surface area contributed by atoms with Gasteiger partial charge in [-0.05, 0) is 17.6 Å². The maximum absolute atomic E-state index is 8.09. The summed E-state index contributed by atoms with van der Waals surface area (Å²) in [6.45, 7) is 15.0. The molecule has 4 heteroatoms. The molecule has 0 aromatic rings. The molecule has 1 atom stereocenters. The molecule has 122 valence electrons. The normalized spacial score (nSPS) is 12.7. The van der Waals surface area contributed by atoms with Gasteiger partial charge >= 0.3 is 0 Å². The Balaban J connectivity index is -0.000000277. The van der Waals surface area contributed by atoms with Crippen LogP contribution in [0.15, 0.2) is 35.3 Å². The first-order valence-electron chi connectivity index (χ1n) is 7.09. The molecular formula is C17H31NO3. The summed E-state index contributed by atoms with van der Waals surface area (Å²) in [5.41, 5.74) is 12.5. The molecular weight excluding hydrogens is 266 g/mol. The molecule has 1 rings (SSSR count). The fourth-order valence-electron chi connectivity index (χ4n) is 0.753. The quantitative estimate of drug-likeness (QED) is 0.471. The molecule has 0 bridgehead atoms. The van der Waals surface area contributed by atoms with Gasteiger partial charge in [-0.3, -0.25) is 5.26 Å². The summed E-state index contributed by atoms with van der Waals surface area (Å²) in [5, 5.41) is 8.09. The van der Waals surface area contributed by atoms with E-state index in [4.69, 9.17) is 15.8 Å². The van der Waals surface area contributed by atoms with Crippen molar-refractivity contribution in [3.8, 4) is 0 Å². The smallest absolute Gasteiger partial charge is 0.106 e. The first kappa shape index (κ1) is 24.6. The van der Waals surface area contributed by atoms with Crippen LogP contribution in [0.4, 0.5) is 0 Å². The van der Waals surface area contributed by atoms with Gasteiger partial charge in [0.05, 0.1) is 6.04 Å². The fraction of sp³-hybridized carbons (Fsp3) is 0.588. The highest BCUT2D eigenvalue weighted by Gasteiger charge is 2.06. The standard InChI is InChI=1S/C8H9NO2.C6H14.C2H6.CH2O/c9-8(6-11-10)7-4-2-1-3-5-7;1-5-6(2,3)4;2*1-2/h1-2,4,8,10H,6,9H2;5H2,1-4H3;1-2H3;1H2/t8-;;;/m0.../s1. The van der Waals surface area contributed by atoms with Gasteiger partial charge in [0.15, 0.2) is 0 Å². The van der Waals surface area contributed by atoms with Gasteiger partial charge in [0, 0.05) is 5.57 Å². The molecule has 0 saturated carbocycles. The van der Waals surface area contributed by atoms with E-state index in [1.165, 1.54) is 6.42 Å². The summed E-state index contributed by atoms with van der Waals surface area (Å²) in [7, 11) is 0. The van der Waals surface area contributed by atoms with Crippen LogP contribution in [0.1, 0.15) is 48.0 Å². The Kier molecular flexibility index (Phi) is 19.5. The fourth-order valence-corrected chi connectivity index (χ4v) is 0.753. The van der Waals surface area contributed by atoms with Crippen molar-refractivity contribution in [2.45, 2.75) is 54.0 Å². The van der Waals surface area contributed by atoms with Crippen molar-refractivity contribution in [3.63, 3.8) is 0 Å². The van der Waals surface area contributed by atoms with Crippen molar-refractivity contribution in [1.82, 2.24) is 0 Å². The van der Waals surface area contributed by atoms with Crippen molar-refractivity contribution in [1.29, 1.82) is 0 Å². The molecule has 0 aromatic heterocycles. The highest BCUT2D eigenvalue weighted by atomic mass is 17.1. The summed E-state index contributed by atoms with van der Waals surface area (Å²) in [6, 6.07) is -0.336. The second kappa shape index (κ2) is 16.6. The third-order valence-corrected chi connectivity index (χ3v) is 2.39. The zero-order valence-electron chi connectivity index (χ0n) is 14.3. The SMILES string of the molecule is C=O.CC.CCC(C)(C)C.N[C@@H](COO)C1=C=C=CC=C1. The van der Waals surface area contributed by atoms with E-state index in [0.29, 0.717) is 5.41 Å². The molecule has 0 amide bonds. The van der Waals surface area contributed by atoms with Gasteiger partial charge in [0.2, 0.25) is 0 Å². The molecule has 0 radical (unpaired) electrons. The lowest BCUT2D eigenvalue weighted by Gasteiger charge is -2.12. The van der Waals surface area contributed by atoms with Crippen molar-refractivity contribution >= 4 is 6.79 Å². The monoisotopic (exact) mass is 297 g/mol. The highest BCUT2D eigenvalue weighted by molar-refractivity contribution is 5.29. The molecule has 0 aliphatic heterocycles. The van der Waals surface area contributed by atoms with Crippen LogP contribution in [0, 0.1) is 5.41 Å². The molecule has 21 heavy (non-hydrogen) atoms. The largest absolute Gasteiger partial charge is 0.321 e. The van der Waals surface area contributed by atoms with Gasteiger partial charge < -0.3 is 10.5 Å². The molecule has 0 spiro atoms. The van der Waals surface area contributed by atoms with E-state index < -0.39 is 0 Å². The van der Waals surface area contributed by atoms with Crippen molar-refractivity contribution < 1.29 is 14.9 Å². The summed E-state index contributed by atoms with van der Waals surface area (Å²) in [6.07, 6.45) is 6.62. The zero-order chi connectivity index (χ0) is 17.3. The number of hydrogen-bond acceptors (Lipinski definition) is 4. The van der Waals surface area contributed by atoms with Gasteiger partial charge in [-0.1, -0.05) is 65.5 Å². The first-order valence-corrected chi connectivity index (χ1v) is 7.09. The Hall–Kier alpha value is -1.41. The second-order valence-electron chi connectivity index (χ2n) is 5.07. The third kappa shape index (κ3) is 18.6. The summed E-state index contributed by atoms with van der Waals surface area (Å²) in [4.78, 5) is 11.9. The van der Waals surface area contributed by atoms with Crippen LogP contribution >= 0.6 is 0 Å². The Morgan fingerprint density at radius 1 is 1.38 bits per heavy atom. The van der Waals surface area contributed by atoms with Crippen LogP contribution in [-0.2, 0) is 9.68 Å². The zero-order valence-corrected chi connectivity index (χ0v) is 14.3. The first-order chi connectivity index (χ1) is 9.90. The van der Waals surface area contributed by atoms with E-state index in [1.54, 1.807) is 12.2 Å². The molecule has 0 aromatic carbocycles. The third-order valence-electron chi connectivity index (χ3n) is 2.39. The lowest BCUT2D eigenvalue weighted by Crippen LogP contribution is -2.27. The summed E-state index contributed by atoms with van der Waals surface area (Å²) in [5.74, 6) is 0. The van der Waals surface area contributed by atoms with E-state index in [2.05, 4.69) is 44.0 Å². The molecule has 1 aliphatic rings. The van der Waals surface area contributed by atoms with Crippen LogP contribution < -0.4 is 5.73 Å². The predicted octanol–water partition coefficient (Wildman–Crippen LogP) is 3.89. The molecule has 0 heterocycles. The topological polar surface area (TPSA) is 72.6 Å².